The number of pyridine rings is 1. The van der Waals surface area contributed by atoms with Crippen LogP contribution in [0.1, 0.15) is 40.5 Å². The molecule has 0 saturated heterocycles. The van der Waals surface area contributed by atoms with Crippen molar-refractivity contribution in [3.05, 3.63) is 58.9 Å². The van der Waals surface area contributed by atoms with Gasteiger partial charge in [-0.05, 0) is 44.0 Å². The second-order valence-corrected chi connectivity index (χ2v) is 7.64. The van der Waals surface area contributed by atoms with Crippen LogP contribution in [0.4, 0.5) is 5.69 Å². The SMILES string of the molecule is Cc1nn(C)c2nc(C3CC3)cc(C(=O)Nc3ccc(-n4cncn4)c(Cl)c3)c12. The van der Waals surface area contributed by atoms with Crippen LogP contribution in [0.25, 0.3) is 16.7 Å². The van der Waals surface area contributed by atoms with E-state index in [-0.39, 0.29) is 5.91 Å². The zero-order valence-electron chi connectivity index (χ0n) is 15.9. The Morgan fingerprint density at radius 1 is 1.28 bits per heavy atom. The molecule has 9 heteroatoms. The molecule has 0 spiro atoms. The van der Waals surface area contributed by atoms with Crippen LogP contribution in [0.15, 0.2) is 36.9 Å². The first kappa shape index (κ1) is 17.8. The molecule has 0 bridgehead atoms. The summed E-state index contributed by atoms with van der Waals surface area (Å²) < 4.78 is 3.30. The number of aromatic nitrogens is 6. The maximum absolute atomic E-state index is 13.2. The molecule has 4 aromatic rings. The van der Waals surface area contributed by atoms with Gasteiger partial charge < -0.3 is 5.32 Å². The van der Waals surface area contributed by atoms with Crippen LogP contribution in [0.2, 0.25) is 5.02 Å². The predicted molar refractivity (Wildman–Crippen MR) is 110 cm³/mol. The van der Waals surface area contributed by atoms with Crippen molar-refractivity contribution < 1.29 is 4.79 Å². The maximum atomic E-state index is 13.2. The molecule has 1 amide bonds. The Bertz CT molecular complexity index is 1240. The summed E-state index contributed by atoms with van der Waals surface area (Å²) in [6, 6.07) is 7.18. The maximum Gasteiger partial charge on any atom is 0.256 e. The molecule has 29 heavy (non-hydrogen) atoms. The Labute approximate surface area is 171 Å². The standard InChI is InChI=1S/C20H18ClN7O/c1-11-18-14(8-16(12-3-4-12)25-19(18)27(2)26-11)20(29)24-13-5-6-17(15(21)7-13)28-10-22-9-23-28/h5-10,12H,3-4H2,1-2H3,(H,24,29). The number of hydrogen-bond acceptors (Lipinski definition) is 5. The first-order chi connectivity index (χ1) is 14.0. The number of nitrogens with zero attached hydrogens (tertiary/aromatic N) is 6. The molecule has 0 aliphatic heterocycles. The summed E-state index contributed by atoms with van der Waals surface area (Å²) in [6.07, 6.45) is 5.22. The van der Waals surface area contributed by atoms with Crippen molar-refractivity contribution in [1.82, 2.24) is 29.5 Å². The third-order valence-electron chi connectivity index (χ3n) is 5.10. The van der Waals surface area contributed by atoms with Gasteiger partial charge in [0.15, 0.2) is 5.65 Å². The summed E-state index contributed by atoms with van der Waals surface area (Å²) in [6.45, 7) is 1.89. The van der Waals surface area contributed by atoms with Crippen molar-refractivity contribution in [1.29, 1.82) is 0 Å². The lowest BCUT2D eigenvalue weighted by Gasteiger charge is -2.11. The van der Waals surface area contributed by atoms with Crippen molar-refractivity contribution >= 4 is 34.2 Å². The molecule has 146 valence electrons. The predicted octanol–water partition coefficient (Wildman–Crippen LogP) is 3.64. The van der Waals surface area contributed by atoms with E-state index < -0.39 is 0 Å². The van der Waals surface area contributed by atoms with E-state index in [1.54, 1.807) is 33.9 Å². The number of hydrogen-bond donors (Lipinski definition) is 1. The number of nitrogens with one attached hydrogen (secondary N) is 1. The van der Waals surface area contributed by atoms with Gasteiger partial charge in [0, 0.05) is 24.3 Å². The zero-order valence-corrected chi connectivity index (χ0v) is 16.7. The van der Waals surface area contributed by atoms with Gasteiger partial charge in [-0.1, -0.05) is 11.6 Å². The van der Waals surface area contributed by atoms with Gasteiger partial charge in [0.1, 0.15) is 12.7 Å². The number of carbonyl (C=O) groups is 1. The topological polar surface area (TPSA) is 90.5 Å². The molecule has 1 N–H and O–H groups in total. The van der Waals surface area contributed by atoms with Gasteiger partial charge in [0.05, 0.1) is 27.4 Å². The Morgan fingerprint density at radius 2 is 2.10 bits per heavy atom. The van der Waals surface area contributed by atoms with Gasteiger partial charge in [-0.15, -0.1) is 0 Å². The first-order valence-corrected chi connectivity index (χ1v) is 9.69. The van der Waals surface area contributed by atoms with Crippen LogP contribution in [0.5, 0.6) is 0 Å². The fraction of sp³-hybridized carbons (Fsp3) is 0.250. The minimum atomic E-state index is -0.208. The normalized spacial score (nSPS) is 13.8. The number of rotatable bonds is 4. The fourth-order valence-electron chi connectivity index (χ4n) is 3.53. The molecule has 5 rings (SSSR count). The number of aryl methyl sites for hydroxylation is 2. The number of benzene rings is 1. The van der Waals surface area contributed by atoms with Crippen LogP contribution >= 0.6 is 11.6 Å². The zero-order chi connectivity index (χ0) is 20.1. The van der Waals surface area contributed by atoms with Crippen LogP contribution in [-0.4, -0.2) is 35.4 Å². The fourth-order valence-corrected chi connectivity index (χ4v) is 3.80. The molecule has 1 aromatic carbocycles. The minimum absolute atomic E-state index is 0.208. The smallest absolute Gasteiger partial charge is 0.256 e. The van der Waals surface area contributed by atoms with E-state index in [2.05, 4.69) is 20.5 Å². The molecule has 0 radical (unpaired) electrons. The van der Waals surface area contributed by atoms with E-state index >= 15 is 0 Å². The van der Waals surface area contributed by atoms with Gasteiger partial charge >= 0.3 is 0 Å². The highest BCUT2D eigenvalue weighted by Crippen LogP contribution is 2.40. The molecule has 1 aliphatic rings. The van der Waals surface area contributed by atoms with Gasteiger partial charge in [0.2, 0.25) is 0 Å². The Balaban J connectivity index is 1.51. The van der Waals surface area contributed by atoms with E-state index in [1.165, 1.54) is 6.33 Å². The summed E-state index contributed by atoms with van der Waals surface area (Å²) in [4.78, 5) is 21.8. The van der Waals surface area contributed by atoms with Crippen molar-refractivity contribution in [3.8, 4) is 5.69 Å². The highest BCUT2D eigenvalue weighted by Gasteiger charge is 2.28. The first-order valence-electron chi connectivity index (χ1n) is 9.31. The average molecular weight is 408 g/mol. The third-order valence-corrected chi connectivity index (χ3v) is 5.40. The number of amides is 1. The van der Waals surface area contributed by atoms with Crippen molar-refractivity contribution in [2.75, 3.05) is 5.32 Å². The van der Waals surface area contributed by atoms with E-state index in [1.807, 2.05) is 20.0 Å². The largest absolute Gasteiger partial charge is 0.322 e. The van der Waals surface area contributed by atoms with Gasteiger partial charge in [0.25, 0.3) is 5.91 Å². The van der Waals surface area contributed by atoms with E-state index in [0.717, 1.165) is 35.3 Å². The molecule has 1 fully saturated rings. The molecule has 0 unspecified atom stereocenters. The molecule has 8 nitrogen and oxygen atoms in total. The van der Waals surface area contributed by atoms with E-state index in [0.29, 0.717) is 27.9 Å². The van der Waals surface area contributed by atoms with Gasteiger partial charge in [-0.25, -0.2) is 14.6 Å². The number of fused-ring (bicyclic) bond motifs is 1. The molecule has 1 saturated carbocycles. The molecule has 0 atom stereocenters. The number of anilines is 1. The van der Waals surface area contributed by atoms with Crippen molar-refractivity contribution in [3.63, 3.8) is 0 Å². The van der Waals surface area contributed by atoms with Crippen molar-refractivity contribution in [2.24, 2.45) is 7.05 Å². The summed E-state index contributed by atoms with van der Waals surface area (Å²) in [7, 11) is 1.85. The van der Waals surface area contributed by atoms with Crippen LogP contribution < -0.4 is 5.32 Å². The summed E-state index contributed by atoms with van der Waals surface area (Å²) in [5.74, 6) is 0.220. The van der Waals surface area contributed by atoms with Crippen LogP contribution in [0, 0.1) is 6.92 Å². The van der Waals surface area contributed by atoms with Gasteiger partial charge in [-0.3, -0.25) is 9.48 Å². The Kier molecular flexibility index (Phi) is 4.09. The quantitative estimate of drug-likeness (QED) is 0.557. The minimum Gasteiger partial charge on any atom is -0.322 e. The van der Waals surface area contributed by atoms with Crippen LogP contribution in [-0.2, 0) is 7.05 Å². The highest BCUT2D eigenvalue weighted by molar-refractivity contribution is 6.32. The van der Waals surface area contributed by atoms with E-state index in [4.69, 9.17) is 16.6 Å². The summed E-state index contributed by atoms with van der Waals surface area (Å²) in [5.41, 5.74) is 4.33. The third kappa shape index (κ3) is 3.15. The van der Waals surface area contributed by atoms with Crippen molar-refractivity contribution in [2.45, 2.75) is 25.7 Å². The Hall–Kier alpha value is -3.26. The second kappa shape index (κ2) is 6.66. The second-order valence-electron chi connectivity index (χ2n) is 7.24. The average Bonchev–Trinajstić information content (AvgIpc) is 3.33. The number of halogens is 1. The van der Waals surface area contributed by atoms with Crippen LogP contribution in [0.3, 0.4) is 0 Å². The molecule has 3 aromatic heterocycles. The lowest BCUT2D eigenvalue weighted by atomic mass is 10.1. The monoisotopic (exact) mass is 407 g/mol. The summed E-state index contributed by atoms with van der Waals surface area (Å²) in [5, 5.41) is 12.7. The lowest BCUT2D eigenvalue weighted by molar-refractivity contribution is 0.102. The number of carbonyl (C=O) groups excluding carboxylic acids is 1. The molecular formula is C20H18ClN7O. The summed E-state index contributed by atoms with van der Waals surface area (Å²) >= 11 is 6.39. The molecule has 1 aliphatic carbocycles. The Morgan fingerprint density at radius 3 is 2.79 bits per heavy atom. The highest BCUT2D eigenvalue weighted by atomic mass is 35.5. The lowest BCUT2D eigenvalue weighted by Crippen LogP contribution is -2.14. The van der Waals surface area contributed by atoms with E-state index in [9.17, 15) is 4.79 Å². The molecular weight excluding hydrogens is 390 g/mol. The molecule has 3 heterocycles. The van der Waals surface area contributed by atoms with Gasteiger partial charge in [-0.2, -0.15) is 10.2 Å².